The van der Waals surface area contributed by atoms with Crippen molar-refractivity contribution >= 4 is 23.3 Å². The van der Waals surface area contributed by atoms with Crippen LogP contribution in [-0.2, 0) is 0 Å². The maximum Gasteiger partial charge on any atom is 0.128 e. The Kier molecular flexibility index (Phi) is 3.32. The van der Waals surface area contributed by atoms with Gasteiger partial charge in [0.05, 0.1) is 11.6 Å². The number of furan rings is 1. The number of halogens is 1. The Morgan fingerprint density at radius 2 is 1.94 bits per heavy atom. The molecule has 2 aromatic rings. The minimum atomic E-state index is 0.552. The third-order valence-electron chi connectivity index (χ3n) is 2.32. The largest absolute Gasteiger partial charge is 0.462 e. The lowest BCUT2D eigenvalue weighted by atomic mass is 10.1. The van der Waals surface area contributed by atoms with Crippen LogP contribution in [0.4, 0.5) is 0 Å². The van der Waals surface area contributed by atoms with Gasteiger partial charge in [-0.05, 0) is 42.8 Å². The lowest BCUT2D eigenvalue weighted by molar-refractivity contribution is 0.525. The van der Waals surface area contributed by atoms with Crippen LogP contribution >= 0.6 is 11.6 Å². The monoisotopic (exact) mass is 243 g/mol. The number of allylic oxidation sites excluding steroid dienone is 1. The molecule has 1 aromatic heterocycles. The van der Waals surface area contributed by atoms with Crippen LogP contribution in [0.2, 0.25) is 5.02 Å². The first kappa shape index (κ1) is 11.5. The SMILES string of the molecule is Cc1ccc(/C=C(\C#N)c2ccc(Cl)cc2)o1. The van der Waals surface area contributed by atoms with Crippen molar-refractivity contribution in [2.24, 2.45) is 0 Å². The van der Waals surface area contributed by atoms with E-state index in [2.05, 4.69) is 6.07 Å². The maximum atomic E-state index is 9.12. The topological polar surface area (TPSA) is 36.9 Å². The molecule has 2 nitrogen and oxygen atoms in total. The molecule has 17 heavy (non-hydrogen) atoms. The summed E-state index contributed by atoms with van der Waals surface area (Å²) in [4.78, 5) is 0. The molecule has 3 heteroatoms. The molecule has 2 rings (SSSR count). The zero-order valence-electron chi connectivity index (χ0n) is 9.27. The van der Waals surface area contributed by atoms with E-state index in [1.807, 2.05) is 31.2 Å². The molecule has 0 aliphatic rings. The van der Waals surface area contributed by atoms with Gasteiger partial charge in [-0.15, -0.1) is 0 Å². The van der Waals surface area contributed by atoms with E-state index in [1.165, 1.54) is 0 Å². The van der Waals surface area contributed by atoms with Crippen LogP contribution in [0.15, 0.2) is 40.8 Å². The fraction of sp³-hybridized carbons (Fsp3) is 0.0714. The van der Waals surface area contributed by atoms with E-state index in [9.17, 15) is 0 Å². The molecular formula is C14H10ClNO. The molecule has 0 unspecified atom stereocenters. The highest BCUT2D eigenvalue weighted by Crippen LogP contribution is 2.20. The van der Waals surface area contributed by atoms with Gasteiger partial charge in [0.25, 0.3) is 0 Å². The number of hydrogen-bond donors (Lipinski definition) is 0. The number of rotatable bonds is 2. The Balaban J connectivity index is 2.37. The van der Waals surface area contributed by atoms with Crippen LogP contribution in [0.5, 0.6) is 0 Å². The van der Waals surface area contributed by atoms with Gasteiger partial charge in [-0.25, -0.2) is 0 Å². The second kappa shape index (κ2) is 4.90. The zero-order valence-corrected chi connectivity index (χ0v) is 10.0. The standard InChI is InChI=1S/C14H10ClNO/c1-10-2-7-14(17-10)8-12(9-16)11-3-5-13(15)6-4-11/h2-8H,1H3/b12-8+. The van der Waals surface area contributed by atoms with Gasteiger partial charge in [0.2, 0.25) is 0 Å². The van der Waals surface area contributed by atoms with Crippen molar-refractivity contribution in [3.63, 3.8) is 0 Å². The van der Waals surface area contributed by atoms with Crippen LogP contribution in [0, 0.1) is 18.3 Å². The normalized spacial score (nSPS) is 11.2. The van der Waals surface area contributed by atoms with Gasteiger partial charge in [-0.3, -0.25) is 0 Å². The molecule has 0 N–H and O–H groups in total. The van der Waals surface area contributed by atoms with E-state index >= 15 is 0 Å². The smallest absolute Gasteiger partial charge is 0.128 e. The molecule has 0 spiro atoms. The average molecular weight is 244 g/mol. The third kappa shape index (κ3) is 2.77. The highest BCUT2D eigenvalue weighted by atomic mass is 35.5. The fourth-order valence-electron chi connectivity index (χ4n) is 1.48. The lowest BCUT2D eigenvalue weighted by Gasteiger charge is -1.98. The molecule has 84 valence electrons. The van der Waals surface area contributed by atoms with Crippen molar-refractivity contribution in [1.82, 2.24) is 0 Å². The quantitative estimate of drug-likeness (QED) is 0.737. The molecule has 0 aliphatic carbocycles. The first-order valence-corrected chi connectivity index (χ1v) is 5.51. The molecule has 0 saturated carbocycles. The number of aryl methyl sites for hydroxylation is 1. The molecule has 0 bridgehead atoms. The van der Waals surface area contributed by atoms with Crippen molar-refractivity contribution < 1.29 is 4.42 Å². The Morgan fingerprint density at radius 3 is 2.47 bits per heavy atom. The molecule has 0 saturated heterocycles. The Bertz CT molecular complexity index is 587. The minimum absolute atomic E-state index is 0.552. The molecule has 0 radical (unpaired) electrons. The van der Waals surface area contributed by atoms with Gasteiger partial charge in [0, 0.05) is 5.02 Å². The Hall–Kier alpha value is -1.98. The molecule has 1 heterocycles. The van der Waals surface area contributed by atoms with E-state index in [0.717, 1.165) is 11.3 Å². The summed E-state index contributed by atoms with van der Waals surface area (Å²) in [6.45, 7) is 1.87. The molecule has 0 fully saturated rings. The maximum absolute atomic E-state index is 9.12. The summed E-state index contributed by atoms with van der Waals surface area (Å²) in [5.74, 6) is 1.50. The number of benzene rings is 1. The predicted molar refractivity (Wildman–Crippen MR) is 68.4 cm³/mol. The number of hydrogen-bond acceptors (Lipinski definition) is 2. The minimum Gasteiger partial charge on any atom is -0.462 e. The fourth-order valence-corrected chi connectivity index (χ4v) is 1.61. The average Bonchev–Trinajstić information content (AvgIpc) is 2.73. The highest BCUT2D eigenvalue weighted by Gasteiger charge is 2.02. The van der Waals surface area contributed by atoms with Crippen molar-refractivity contribution in [2.75, 3.05) is 0 Å². The van der Waals surface area contributed by atoms with E-state index in [1.54, 1.807) is 18.2 Å². The predicted octanol–water partition coefficient (Wildman–Crippen LogP) is 4.31. The number of nitriles is 1. The Labute approximate surface area is 105 Å². The van der Waals surface area contributed by atoms with Gasteiger partial charge < -0.3 is 4.42 Å². The summed E-state index contributed by atoms with van der Waals surface area (Å²) in [5.41, 5.74) is 1.38. The van der Waals surface area contributed by atoms with Crippen LogP contribution < -0.4 is 0 Å². The van der Waals surface area contributed by atoms with Gasteiger partial charge >= 0.3 is 0 Å². The summed E-state index contributed by atoms with van der Waals surface area (Å²) >= 11 is 5.80. The van der Waals surface area contributed by atoms with Crippen LogP contribution in [0.3, 0.4) is 0 Å². The van der Waals surface area contributed by atoms with Crippen molar-refractivity contribution in [3.05, 3.63) is 58.5 Å². The molecule has 1 aromatic carbocycles. The van der Waals surface area contributed by atoms with Crippen molar-refractivity contribution in [3.8, 4) is 6.07 Å². The number of nitrogens with zero attached hydrogens (tertiary/aromatic N) is 1. The van der Waals surface area contributed by atoms with Crippen LogP contribution in [-0.4, -0.2) is 0 Å². The Morgan fingerprint density at radius 1 is 1.24 bits per heavy atom. The second-order valence-corrected chi connectivity index (χ2v) is 4.06. The molecule has 0 amide bonds. The van der Waals surface area contributed by atoms with E-state index in [-0.39, 0.29) is 0 Å². The second-order valence-electron chi connectivity index (χ2n) is 3.63. The molecular weight excluding hydrogens is 234 g/mol. The van der Waals surface area contributed by atoms with Crippen molar-refractivity contribution in [2.45, 2.75) is 6.92 Å². The summed E-state index contributed by atoms with van der Waals surface area (Å²) in [5, 5.41) is 9.78. The summed E-state index contributed by atoms with van der Waals surface area (Å²) in [6, 6.07) is 13.0. The molecule has 0 aliphatic heterocycles. The third-order valence-corrected chi connectivity index (χ3v) is 2.58. The van der Waals surface area contributed by atoms with Gasteiger partial charge in [-0.2, -0.15) is 5.26 Å². The van der Waals surface area contributed by atoms with Gasteiger partial charge in [0.15, 0.2) is 0 Å². The summed E-state index contributed by atoms with van der Waals surface area (Å²) in [6.07, 6.45) is 1.72. The van der Waals surface area contributed by atoms with Crippen LogP contribution in [0.1, 0.15) is 17.1 Å². The summed E-state index contributed by atoms with van der Waals surface area (Å²) in [7, 11) is 0. The zero-order chi connectivity index (χ0) is 12.3. The van der Waals surface area contributed by atoms with Crippen LogP contribution in [0.25, 0.3) is 11.6 Å². The summed E-state index contributed by atoms with van der Waals surface area (Å²) < 4.78 is 5.41. The highest BCUT2D eigenvalue weighted by molar-refractivity contribution is 6.30. The van der Waals surface area contributed by atoms with Crippen molar-refractivity contribution in [1.29, 1.82) is 5.26 Å². The van der Waals surface area contributed by atoms with Gasteiger partial charge in [-0.1, -0.05) is 23.7 Å². The van der Waals surface area contributed by atoms with E-state index in [4.69, 9.17) is 21.3 Å². The van der Waals surface area contributed by atoms with Gasteiger partial charge in [0.1, 0.15) is 11.5 Å². The first-order valence-electron chi connectivity index (χ1n) is 5.13. The van der Waals surface area contributed by atoms with E-state index < -0.39 is 0 Å². The first-order chi connectivity index (χ1) is 8.19. The lowest BCUT2D eigenvalue weighted by Crippen LogP contribution is -1.80. The van der Waals surface area contributed by atoms with E-state index in [0.29, 0.717) is 16.4 Å². The molecule has 0 atom stereocenters.